The molecule has 22 heavy (non-hydrogen) atoms. The fourth-order valence-corrected chi connectivity index (χ4v) is 1.77. The summed E-state index contributed by atoms with van der Waals surface area (Å²) in [5.74, 6) is 0.265. The highest BCUT2D eigenvalue weighted by molar-refractivity contribution is 5.97. The van der Waals surface area contributed by atoms with Gasteiger partial charge in [0, 0.05) is 6.54 Å². The monoisotopic (exact) mass is 292 g/mol. The highest BCUT2D eigenvalue weighted by Gasteiger charge is 2.07. The number of nitrogens with one attached hydrogen (secondary N) is 1. The van der Waals surface area contributed by atoms with Crippen molar-refractivity contribution in [2.75, 3.05) is 0 Å². The van der Waals surface area contributed by atoms with Crippen LogP contribution in [0.2, 0.25) is 0 Å². The largest absolute Gasteiger partial charge is 0.465 e. The third-order valence-corrected chi connectivity index (χ3v) is 3.01. The van der Waals surface area contributed by atoms with Crippen LogP contribution in [-0.4, -0.2) is 5.91 Å². The predicted octanol–water partition coefficient (Wildman–Crippen LogP) is 3.37. The third-order valence-electron chi connectivity index (χ3n) is 3.01. The number of nitriles is 1. The first-order valence-corrected chi connectivity index (χ1v) is 6.85. The smallest absolute Gasteiger partial charge is 0.262 e. The van der Waals surface area contributed by atoms with Crippen molar-refractivity contribution in [3.63, 3.8) is 0 Å². The molecule has 0 aliphatic carbocycles. The van der Waals surface area contributed by atoms with E-state index in [4.69, 9.17) is 9.68 Å². The number of allylic oxidation sites excluding steroid dienone is 2. The van der Waals surface area contributed by atoms with Crippen molar-refractivity contribution in [1.82, 2.24) is 5.32 Å². The molecule has 0 bridgehead atoms. The lowest BCUT2D eigenvalue weighted by molar-refractivity contribution is -0.117. The Morgan fingerprint density at radius 3 is 2.73 bits per heavy atom. The van der Waals surface area contributed by atoms with E-state index >= 15 is 0 Å². The number of carbonyl (C=O) groups is 1. The van der Waals surface area contributed by atoms with E-state index in [1.165, 1.54) is 6.08 Å². The van der Waals surface area contributed by atoms with E-state index in [1.807, 2.05) is 37.3 Å². The standard InChI is InChI=1S/C18H16N2O2/c1-14-7-9-15(10-8-14)13-20-18(21)16(12-19)4-2-5-17-6-3-11-22-17/h2-11H,13H2,1H3,(H,20,21)/b5-2+,16-4+. The van der Waals surface area contributed by atoms with Gasteiger partial charge in [-0.15, -0.1) is 0 Å². The molecule has 4 heteroatoms. The fraction of sp³-hybridized carbons (Fsp3) is 0.111. The van der Waals surface area contributed by atoms with Crippen molar-refractivity contribution >= 4 is 12.0 Å². The molecule has 0 saturated carbocycles. The van der Waals surface area contributed by atoms with Gasteiger partial charge >= 0.3 is 0 Å². The van der Waals surface area contributed by atoms with Gasteiger partial charge in [-0.3, -0.25) is 4.79 Å². The molecular formula is C18H16N2O2. The number of benzene rings is 1. The Labute approximate surface area is 129 Å². The molecule has 2 aromatic rings. The summed E-state index contributed by atoms with van der Waals surface area (Å²) in [7, 11) is 0. The Bertz CT molecular complexity index is 717. The first kappa shape index (κ1) is 15.3. The van der Waals surface area contributed by atoms with Gasteiger partial charge in [-0.1, -0.05) is 35.9 Å². The molecule has 0 saturated heterocycles. The Kier molecular flexibility index (Phi) is 5.33. The van der Waals surface area contributed by atoms with E-state index in [2.05, 4.69) is 5.32 Å². The molecule has 0 aliphatic heterocycles. The second-order valence-electron chi connectivity index (χ2n) is 4.73. The number of furan rings is 1. The number of amides is 1. The second-order valence-corrected chi connectivity index (χ2v) is 4.73. The fourth-order valence-electron chi connectivity index (χ4n) is 1.77. The van der Waals surface area contributed by atoms with Crippen LogP contribution in [0, 0.1) is 18.3 Å². The van der Waals surface area contributed by atoms with Gasteiger partial charge in [-0.25, -0.2) is 0 Å². The molecule has 0 radical (unpaired) electrons. The molecular weight excluding hydrogens is 276 g/mol. The first-order valence-electron chi connectivity index (χ1n) is 6.85. The van der Waals surface area contributed by atoms with Crippen LogP contribution in [0.3, 0.4) is 0 Å². The van der Waals surface area contributed by atoms with Gasteiger partial charge in [0.2, 0.25) is 0 Å². The quantitative estimate of drug-likeness (QED) is 0.522. The van der Waals surface area contributed by atoms with E-state index in [-0.39, 0.29) is 5.57 Å². The van der Waals surface area contributed by atoms with Gasteiger partial charge in [0.25, 0.3) is 5.91 Å². The van der Waals surface area contributed by atoms with Gasteiger partial charge in [-0.2, -0.15) is 5.26 Å². The lowest BCUT2D eigenvalue weighted by atomic mass is 10.1. The zero-order valence-electron chi connectivity index (χ0n) is 12.2. The molecule has 4 nitrogen and oxygen atoms in total. The molecule has 0 fully saturated rings. The Hall–Kier alpha value is -3.06. The molecule has 1 aromatic heterocycles. The maximum absolute atomic E-state index is 11.9. The predicted molar refractivity (Wildman–Crippen MR) is 84.5 cm³/mol. The minimum absolute atomic E-state index is 0.0508. The summed E-state index contributed by atoms with van der Waals surface area (Å²) in [5, 5.41) is 11.8. The summed E-state index contributed by atoms with van der Waals surface area (Å²) in [4.78, 5) is 11.9. The summed E-state index contributed by atoms with van der Waals surface area (Å²) in [6, 6.07) is 13.3. The van der Waals surface area contributed by atoms with Crippen LogP contribution < -0.4 is 5.32 Å². The van der Waals surface area contributed by atoms with Crippen LogP contribution in [-0.2, 0) is 11.3 Å². The number of nitrogens with zero attached hydrogens (tertiary/aromatic N) is 1. The molecule has 1 N–H and O–H groups in total. The number of rotatable bonds is 5. The van der Waals surface area contributed by atoms with Crippen molar-refractivity contribution in [1.29, 1.82) is 5.26 Å². The van der Waals surface area contributed by atoms with Gasteiger partial charge < -0.3 is 9.73 Å². The number of carbonyl (C=O) groups excluding carboxylic acids is 1. The summed E-state index contributed by atoms with van der Waals surface area (Å²) in [5.41, 5.74) is 2.20. The highest BCUT2D eigenvalue weighted by Crippen LogP contribution is 2.05. The molecule has 110 valence electrons. The second kappa shape index (κ2) is 7.65. The lowest BCUT2D eigenvalue weighted by Crippen LogP contribution is -2.23. The minimum atomic E-state index is -0.396. The van der Waals surface area contributed by atoms with Crippen LogP contribution in [0.4, 0.5) is 0 Å². The molecule has 0 spiro atoms. The van der Waals surface area contributed by atoms with E-state index in [0.717, 1.165) is 11.1 Å². The Morgan fingerprint density at radius 2 is 2.09 bits per heavy atom. The van der Waals surface area contributed by atoms with Crippen molar-refractivity contribution in [3.8, 4) is 6.07 Å². The van der Waals surface area contributed by atoms with Crippen LogP contribution >= 0.6 is 0 Å². The molecule has 0 aliphatic rings. The molecule has 0 unspecified atom stereocenters. The number of aryl methyl sites for hydroxylation is 1. The van der Waals surface area contributed by atoms with Gasteiger partial charge in [0.15, 0.2) is 0 Å². The van der Waals surface area contributed by atoms with Crippen LogP contribution in [0.5, 0.6) is 0 Å². The van der Waals surface area contributed by atoms with Crippen LogP contribution in [0.15, 0.2) is 64.8 Å². The number of hydrogen-bond donors (Lipinski definition) is 1. The average Bonchev–Trinajstić information content (AvgIpc) is 3.04. The average molecular weight is 292 g/mol. The zero-order valence-corrected chi connectivity index (χ0v) is 12.2. The number of hydrogen-bond acceptors (Lipinski definition) is 3. The zero-order chi connectivity index (χ0) is 15.8. The summed E-state index contributed by atoms with van der Waals surface area (Å²) in [6.45, 7) is 2.39. The van der Waals surface area contributed by atoms with E-state index in [0.29, 0.717) is 12.3 Å². The van der Waals surface area contributed by atoms with Gasteiger partial charge in [-0.05, 0) is 36.8 Å². The van der Waals surface area contributed by atoms with Gasteiger partial charge in [0.1, 0.15) is 17.4 Å². The first-order chi connectivity index (χ1) is 10.7. The van der Waals surface area contributed by atoms with Crippen molar-refractivity contribution in [3.05, 3.63) is 77.3 Å². The maximum Gasteiger partial charge on any atom is 0.262 e. The van der Waals surface area contributed by atoms with Gasteiger partial charge in [0.05, 0.1) is 6.26 Å². The lowest BCUT2D eigenvalue weighted by Gasteiger charge is -2.04. The Morgan fingerprint density at radius 1 is 1.32 bits per heavy atom. The SMILES string of the molecule is Cc1ccc(CNC(=O)/C(C#N)=C/C=C/c2ccco2)cc1. The Balaban J connectivity index is 1.94. The molecule has 1 amide bonds. The van der Waals surface area contributed by atoms with E-state index in [1.54, 1.807) is 30.5 Å². The van der Waals surface area contributed by atoms with Crippen molar-refractivity contribution in [2.24, 2.45) is 0 Å². The molecule has 2 rings (SSSR count). The summed E-state index contributed by atoms with van der Waals surface area (Å²) in [6.07, 6.45) is 6.32. The van der Waals surface area contributed by atoms with E-state index in [9.17, 15) is 4.79 Å². The third kappa shape index (κ3) is 4.50. The van der Waals surface area contributed by atoms with Crippen LogP contribution in [0.1, 0.15) is 16.9 Å². The van der Waals surface area contributed by atoms with Crippen molar-refractivity contribution in [2.45, 2.75) is 13.5 Å². The summed E-state index contributed by atoms with van der Waals surface area (Å²) >= 11 is 0. The molecule has 1 heterocycles. The molecule has 1 aromatic carbocycles. The minimum Gasteiger partial charge on any atom is -0.465 e. The topological polar surface area (TPSA) is 66.0 Å². The highest BCUT2D eigenvalue weighted by atomic mass is 16.3. The maximum atomic E-state index is 11.9. The van der Waals surface area contributed by atoms with Crippen LogP contribution in [0.25, 0.3) is 6.08 Å². The normalized spacial score (nSPS) is 11.4. The van der Waals surface area contributed by atoms with Crippen molar-refractivity contribution < 1.29 is 9.21 Å². The summed E-state index contributed by atoms with van der Waals surface area (Å²) < 4.78 is 5.12. The molecule has 0 atom stereocenters. The van der Waals surface area contributed by atoms with E-state index < -0.39 is 5.91 Å².